The van der Waals surface area contributed by atoms with Crippen LogP contribution in [0.3, 0.4) is 0 Å². The van der Waals surface area contributed by atoms with E-state index in [0.29, 0.717) is 6.17 Å². The van der Waals surface area contributed by atoms with Crippen LogP contribution in [-0.2, 0) is 0 Å². The molecule has 0 saturated carbocycles. The first-order valence-corrected chi connectivity index (χ1v) is 5.49. The van der Waals surface area contributed by atoms with Crippen molar-refractivity contribution in [2.24, 2.45) is 0 Å². The average molecular weight is 210 g/mol. The van der Waals surface area contributed by atoms with Crippen LogP contribution in [-0.4, -0.2) is 12.1 Å². The Morgan fingerprint density at radius 2 is 1.62 bits per heavy atom. The minimum absolute atomic E-state index is 0.392. The van der Waals surface area contributed by atoms with Crippen molar-refractivity contribution >= 4 is 0 Å². The van der Waals surface area contributed by atoms with Gasteiger partial charge in [0.25, 0.3) is 0 Å². The summed E-state index contributed by atoms with van der Waals surface area (Å²) >= 11 is 0. The number of rotatable bonds is 2. The number of hydrogen-bond acceptors (Lipinski definition) is 2. The van der Waals surface area contributed by atoms with Gasteiger partial charge in [-0.15, -0.1) is 0 Å². The van der Waals surface area contributed by atoms with Gasteiger partial charge in [-0.25, -0.2) is 10.4 Å². The lowest BCUT2D eigenvalue weighted by Gasteiger charge is -2.03. The molecule has 2 aromatic carbocycles. The van der Waals surface area contributed by atoms with E-state index in [1.165, 1.54) is 16.7 Å². The van der Waals surface area contributed by atoms with E-state index in [1.54, 1.807) is 0 Å². The molecule has 1 saturated heterocycles. The third-order valence-corrected chi connectivity index (χ3v) is 2.95. The Hall–Kier alpha value is -1.64. The summed E-state index contributed by atoms with van der Waals surface area (Å²) in [5, 5.41) is 2.10. The van der Waals surface area contributed by atoms with Crippen LogP contribution in [0.25, 0.3) is 11.1 Å². The average Bonchev–Trinajstić information content (AvgIpc) is 3.08. The van der Waals surface area contributed by atoms with Gasteiger partial charge in [0.2, 0.25) is 0 Å². The Morgan fingerprint density at radius 3 is 2.31 bits per heavy atom. The minimum Gasteiger partial charge on any atom is -0.231 e. The molecule has 0 amide bonds. The molecule has 1 heterocycles. The van der Waals surface area contributed by atoms with E-state index < -0.39 is 0 Å². The van der Waals surface area contributed by atoms with Crippen molar-refractivity contribution in [1.29, 1.82) is 0 Å². The zero-order valence-corrected chi connectivity index (χ0v) is 9.22. The molecular weight excluding hydrogens is 196 g/mol. The molecule has 0 spiro atoms. The van der Waals surface area contributed by atoms with Crippen LogP contribution in [0.1, 0.15) is 11.7 Å². The van der Waals surface area contributed by atoms with E-state index in [4.69, 9.17) is 0 Å². The summed E-state index contributed by atoms with van der Waals surface area (Å²) < 4.78 is 0. The van der Waals surface area contributed by atoms with Crippen molar-refractivity contribution in [3.05, 3.63) is 60.2 Å². The smallest absolute Gasteiger partial charge is 0.112 e. The van der Waals surface area contributed by atoms with Gasteiger partial charge in [-0.3, -0.25) is 0 Å². The molecule has 1 aliphatic rings. The first-order chi connectivity index (χ1) is 7.84. The summed E-state index contributed by atoms with van der Waals surface area (Å²) in [6.45, 7) is 0. The summed E-state index contributed by atoms with van der Waals surface area (Å²) in [4.78, 5) is 0. The fourth-order valence-electron chi connectivity index (χ4n) is 1.98. The molecule has 1 aliphatic heterocycles. The molecule has 0 bridgehead atoms. The van der Waals surface area contributed by atoms with E-state index in [-0.39, 0.29) is 0 Å². The second kappa shape index (κ2) is 3.74. The Balaban J connectivity index is 1.97. The van der Waals surface area contributed by atoms with Crippen molar-refractivity contribution < 1.29 is 0 Å². The highest BCUT2D eigenvalue weighted by Gasteiger charge is 2.30. The molecule has 2 unspecified atom stereocenters. The largest absolute Gasteiger partial charge is 0.231 e. The van der Waals surface area contributed by atoms with Crippen LogP contribution in [0.5, 0.6) is 0 Å². The van der Waals surface area contributed by atoms with Crippen molar-refractivity contribution in [2.45, 2.75) is 6.17 Å². The third-order valence-electron chi connectivity index (χ3n) is 2.95. The zero-order valence-electron chi connectivity index (χ0n) is 9.22. The second-order valence-electron chi connectivity index (χ2n) is 4.13. The Morgan fingerprint density at radius 1 is 0.938 bits per heavy atom. The van der Waals surface area contributed by atoms with Gasteiger partial charge in [-0.1, -0.05) is 48.5 Å². The highest BCUT2D eigenvalue weighted by Crippen LogP contribution is 2.29. The monoisotopic (exact) mass is 210 g/mol. The normalized spacial score (nSPS) is 23.1. The minimum atomic E-state index is 0.392. The van der Waals surface area contributed by atoms with E-state index in [0.717, 1.165) is 0 Å². The predicted molar refractivity (Wildman–Crippen MR) is 65.5 cm³/mol. The number of hydrogen-bond donors (Lipinski definition) is 1. The number of nitrogens with zero attached hydrogens (tertiary/aromatic N) is 1. The van der Waals surface area contributed by atoms with Gasteiger partial charge in [0.15, 0.2) is 0 Å². The lowest BCUT2D eigenvalue weighted by molar-refractivity contribution is 0.597. The number of nitrogens with one attached hydrogen (secondary N) is 1. The lowest BCUT2D eigenvalue weighted by atomic mass is 10.0. The maximum absolute atomic E-state index is 3.26. The number of benzene rings is 2. The molecule has 1 fully saturated rings. The molecule has 2 aromatic rings. The first-order valence-electron chi connectivity index (χ1n) is 5.49. The van der Waals surface area contributed by atoms with Gasteiger partial charge >= 0.3 is 0 Å². The molecule has 0 aromatic heterocycles. The van der Waals surface area contributed by atoms with Gasteiger partial charge < -0.3 is 0 Å². The van der Waals surface area contributed by atoms with Crippen molar-refractivity contribution in [1.82, 2.24) is 10.4 Å². The highest BCUT2D eigenvalue weighted by atomic mass is 15.7. The fraction of sp³-hybridized carbons (Fsp3) is 0.143. The van der Waals surface area contributed by atoms with Crippen LogP contribution in [0.4, 0.5) is 0 Å². The topological polar surface area (TPSA) is 25.0 Å². The van der Waals surface area contributed by atoms with Crippen LogP contribution < -0.4 is 5.43 Å². The Bertz CT molecular complexity index is 493. The van der Waals surface area contributed by atoms with E-state index in [9.17, 15) is 0 Å². The molecule has 2 nitrogen and oxygen atoms in total. The van der Waals surface area contributed by atoms with E-state index in [1.807, 2.05) is 6.07 Å². The van der Waals surface area contributed by atoms with Crippen LogP contribution in [0.2, 0.25) is 0 Å². The van der Waals surface area contributed by atoms with Gasteiger partial charge in [0.1, 0.15) is 6.17 Å². The van der Waals surface area contributed by atoms with Crippen LogP contribution in [0.15, 0.2) is 54.6 Å². The zero-order chi connectivity index (χ0) is 11.0. The lowest BCUT2D eigenvalue weighted by Crippen LogP contribution is -1.88. The van der Waals surface area contributed by atoms with E-state index >= 15 is 0 Å². The summed E-state index contributed by atoms with van der Waals surface area (Å²) in [6, 6.07) is 19.2. The molecule has 80 valence electrons. The van der Waals surface area contributed by atoms with Crippen LogP contribution >= 0.6 is 0 Å². The summed E-state index contributed by atoms with van der Waals surface area (Å²) in [6.07, 6.45) is 0.392. The van der Waals surface area contributed by atoms with Gasteiger partial charge in [-0.2, -0.15) is 0 Å². The third kappa shape index (κ3) is 1.73. The van der Waals surface area contributed by atoms with Gasteiger partial charge in [-0.05, 0) is 22.8 Å². The van der Waals surface area contributed by atoms with Gasteiger partial charge in [0, 0.05) is 7.05 Å². The van der Waals surface area contributed by atoms with E-state index in [2.05, 4.69) is 66.0 Å². The predicted octanol–water partition coefficient (Wildman–Crippen LogP) is 2.80. The first kappa shape index (κ1) is 9.58. The highest BCUT2D eigenvalue weighted by molar-refractivity contribution is 5.64. The summed E-state index contributed by atoms with van der Waals surface area (Å²) in [7, 11) is 2.06. The van der Waals surface area contributed by atoms with Gasteiger partial charge in [0.05, 0.1) is 0 Å². The number of hydrazine groups is 1. The maximum Gasteiger partial charge on any atom is 0.112 e. The molecule has 3 rings (SSSR count). The maximum atomic E-state index is 3.26. The SMILES string of the molecule is CN1NC1c1cccc(-c2ccccc2)c1. The summed E-state index contributed by atoms with van der Waals surface area (Å²) in [5.41, 5.74) is 7.13. The molecule has 2 atom stereocenters. The molecule has 16 heavy (non-hydrogen) atoms. The standard InChI is InChI=1S/C14H14N2/c1-16-14(15-16)13-9-5-8-12(10-13)11-6-3-2-4-7-11/h2-10,14-15H,1H3. The van der Waals surface area contributed by atoms with Crippen molar-refractivity contribution in [3.63, 3.8) is 0 Å². The van der Waals surface area contributed by atoms with Crippen molar-refractivity contribution in [2.75, 3.05) is 7.05 Å². The molecular formula is C14H14N2. The molecule has 2 heteroatoms. The fourth-order valence-corrected chi connectivity index (χ4v) is 1.98. The second-order valence-corrected chi connectivity index (χ2v) is 4.13. The van der Waals surface area contributed by atoms with Crippen molar-refractivity contribution in [3.8, 4) is 11.1 Å². The Labute approximate surface area is 95.5 Å². The molecule has 0 radical (unpaired) electrons. The Kier molecular flexibility index (Phi) is 2.24. The quantitative estimate of drug-likeness (QED) is 0.771. The van der Waals surface area contributed by atoms with Crippen LogP contribution in [0, 0.1) is 0 Å². The summed E-state index contributed by atoms with van der Waals surface area (Å²) in [5.74, 6) is 0. The molecule has 1 N–H and O–H groups in total. The molecule has 0 aliphatic carbocycles.